The van der Waals surface area contributed by atoms with Gasteiger partial charge in [-0.05, 0) is 6.42 Å². The fourth-order valence-electron chi connectivity index (χ4n) is 1.58. The van der Waals surface area contributed by atoms with Gasteiger partial charge in [-0.25, -0.2) is 9.97 Å². The molecule has 0 bridgehead atoms. The lowest BCUT2D eigenvalue weighted by molar-refractivity contribution is 0.187. The molecule has 1 fully saturated rings. The van der Waals surface area contributed by atoms with E-state index in [4.69, 9.17) is 4.74 Å². The minimum atomic E-state index is 0.609. The zero-order valence-electron chi connectivity index (χ0n) is 8.86. The first-order valence-electron chi connectivity index (χ1n) is 5.20. The van der Waals surface area contributed by atoms with Gasteiger partial charge in [-0.3, -0.25) is 0 Å². The van der Waals surface area contributed by atoms with E-state index in [1.807, 2.05) is 13.1 Å². The Morgan fingerprint density at radius 2 is 2.33 bits per heavy atom. The molecule has 0 spiro atoms. The van der Waals surface area contributed by atoms with Crippen molar-refractivity contribution in [3.63, 3.8) is 0 Å². The molecule has 5 heteroatoms. The second kappa shape index (κ2) is 4.93. The highest BCUT2D eigenvalue weighted by molar-refractivity contribution is 5.45. The summed E-state index contributed by atoms with van der Waals surface area (Å²) in [5.41, 5.74) is 0. The molecule has 1 aromatic rings. The van der Waals surface area contributed by atoms with Crippen LogP contribution in [0.3, 0.4) is 0 Å². The number of hydrogen-bond donors (Lipinski definition) is 2. The van der Waals surface area contributed by atoms with E-state index in [-0.39, 0.29) is 0 Å². The molecule has 0 saturated carbocycles. The van der Waals surface area contributed by atoms with E-state index < -0.39 is 0 Å². The number of nitrogens with zero attached hydrogens (tertiary/aromatic N) is 2. The van der Waals surface area contributed by atoms with Gasteiger partial charge in [0.15, 0.2) is 0 Å². The summed E-state index contributed by atoms with van der Waals surface area (Å²) in [6.45, 7) is 2.66. The van der Waals surface area contributed by atoms with Crippen molar-refractivity contribution in [1.82, 2.24) is 9.97 Å². The summed E-state index contributed by atoms with van der Waals surface area (Å²) >= 11 is 0. The number of ether oxygens (including phenoxy) is 1. The molecule has 5 nitrogen and oxygen atoms in total. The minimum absolute atomic E-state index is 0.609. The molecule has 82 valence electrons. The second-order valence-electron chi connectivity index (χ2n) is 3.65. The summed E-state index contributed by atoms with van der Waals surface area (Å²) in [5.74, 6) is 2.30. The largest absolute Gasteiger partial charge is 0.381 e. The van der Waals surface area contributed by atoms with Crippen LogP contribution in [-0.2, 0) is 4.74 Å². The average molecular weight is 208 g/mol. The molecular weight excluding hydrogens is 192 g/mol. The van der Waals surface area contributed by atoms with Crippen molar-refractivity contribution in [2.45, 2.75) is 6.42 Å². The van der Waals surface area contributed by atoms with Gasteiger partial charge < -0.3 is 15.4 Å². The molecule has 2 heterocycles. The maximum Gasteiger partial charge on any atom is 0.131 e. The Morgan fingerprint density at radius 1 is 1.47 bits per heavy atom. The van der Waals surface area contributed by atoms with E-state index in [0.29, 0.717) is 5.92 Å². The number of rotatable bonds is 4. The van der Waals surface area contributed by atoms with Crippen molar-refractivity contribution < 1.29 is 4.74 Å². The summed E-state index contributed by atoms with van der Waals surface area (Å²) in [6.07, 6.45) is 2.69. The summed E-state index contributed by atoms with van der Waals surface area (Å²) in [5, 5.41) is 6.27. The van der Waals surface area contributed by atoms with Crippen LogP contribution >= 0.6 is 0 Å². The molecule has 1 unspecified atom stereocenters. The first-order valence-corrected chi connectivity index (χ1v) is 5.20. The zero-order valence-corrected chi connectivity index (χ0v) is 8.86. The smallest absolute Gasteiger partial charge is 0.131 e. The SMILES string of the molecule is CNc1cc(NCC2CCOC2)ncn1. The number of nitrogens with one attached hydrogen (secondary N) is 2. The van der Waals surface area contributed by atoms with Crippen LogP contribution in [0.1, 0.15) is 6.42 Å². The quantitative estimate of drug-likeness (QED) is 0.772. The number of hydrogen-bond acceptors (Lipinski definition) is 5. The maximum atomic E-state index is 5.31. The van der Waals surface area contributed by atoms with Crippen LogP contribution in [0.2, 0.25) is 0 Å². The first kappa shape index (κ1) is 10.2. The Hall–Kier alpha value is -1.36. The van der Waals surface area contributed by atoms with Gasteiger partial charge in [-0.1, -0.05) is 0 Å². The third-order valence-corrected chi connectivity index (χ3v) is 2.52. The fourth-order valence-corrected chi connectivity index (χ4v) is 1.58. The van der Waals surface area contributed by atoms with Gasteiger partial charge in [-0.15, -0.1) is 0 Å². The van der Waals surface area contributed by atoms with Gasteiger partial charge in [-0.2, -0.15) is 0 Å². The van der Waals surface area contributed by atoms with Crippen molar-refractivity contribution in [2.75, 3.05) is 37.4 Å². The molecule has 1 saturated heterocycles. The Kier molecular flexibility index (Phi) is 3.34. The highest BCUT2D eigenvalue weighted by atomic mass is 16.5. The van der Waals surface area contributed by atoms with Crippen LogP contribution < -0.4 is 10.6 Å². The van der Waals surface area contributed by atoms with Crippen molar-refractivity contribution in [3.05, 3.63) is 12.4 Å². The third kappa shape index (κ3) is 2.79. The monoisotopic (exact) mass is 208 g/mol. The lowest BCUT2D eigenvalue weighted by Gasteiger charge is -2.10. The van der Waals surface area contributed by atoms with Gasteiger partial charge in [0.05, 0.1) is 6.61 Å². The normalized spacial score (nSPS) is 20.2. The van der Waals surface area contributed by atoms with Crippen LogP contribution in [0.15, 0.2) is 12.4 Å². The molecule has 0 aromatic carbocycles. The Bertz CT molecular complexity index is 312. The van der Waals surface area contributed by atoms with E-state index in [9.17, 15) is 0 Å². The fraction of sp³-hybridized carbons (Fsp3) is 0.600. The molecule has 1 aromatic heterocycles. The van der Waals surface area contributed by atoms with Gasteiger partial charge in [0.2, 0.25) is 0 Å². The van der Waals surface area contributed by atoms with E-state index in [0.717, 1.165) is 37.8 Å². The summed E-state index contributed by atoms with van der Waals surface area (Å²) < 4.78 is 5.31. The highest BCUT2D eigenvalue weighted by Gasteiger charge is 2.15. The predicted molar refractivity (Wildman–Crippen MR) is 59.0 cm³/mol. The molecule has 0 amide bonds. The molecule has 2 N–H and O–H groups in total. The van der Waals surface area contributed by atoms with Gasteiger partial charge in [0.1, 0.15) is 18.0 Å². The van der Waals surface area contributed by atoms with Gasteiger partial charge >= 0.3 is 0 Å². The zero-order chi connectivity index (χ0) is 10.5. The lowest BCUT2D eigenvalue weighted by Crippen LogP contribution is -2.15. The number of aromatic nitrogens is 2. The van der Waals surface area contributed by atoms with E-state index in [2.05, 4.69) is 20.6 Å². The van der Waals surface area contributed by atoms with Crippen molar-refractivity contribution >= 4 is 11.6 Å². The van der Waals surface area contributed by atoms with Gasteiger partial charge in [0, 0.05) is 32.2 Å². The molecular formula is C10H16N4O. The topological polar surface area (TPSA) is 59.1 Å². The molecule has 0 radical (unpaired) electrons. The van der Waals surface area contributed by atoms with Crippen LogP contribution in [0, 0.1) is 5.92 Å². The third-order valence-electron chi connectivity index (χ3n) is 2.52. The van der Waals surface area contributed by atoms with E-state index in [1.54, 1.807) is 6.33 Å². The minimum Gasteiger partial charge on any atom is -0.381 e. The summed E-state index contributed by atoms with van der Waals surface area (Å²) in [6, 6.07) is 1.90. The van der Waals surface area contributed by atoms with Crippen LogP contribution in [0.4, 0.5) is 11.6 Å². The van der Waals surface area contributed by atoms with Crippen LogP contribution in [-0.4, -0.2) is 36.8 Å². The van der Waals surface area contributed by atoms with Crippen LogP contribution in [0.25, 0.3) is 0 Å². The van der Waals surface area contributed by atoms with Crippen molar-refractivity contribution in [2.24, 2.45) is 5.92 Å². The Balaban J connectivity index is 1.86. The van der Waals surface area contributed by atoms with E-state index >= 15 is 0 Å². The number of anilines is 2. The molecule has 1 aliphatic heterocycles. The molecule has 2 rings (SSSR count). The summed E-state index contributed by atoms with van der Waals surface area (Å²) in [4.78, 5) is 8.20. The maximum absolute atomic E-state index is 5.31. The predicted octanol–water partition coefficient (Wildman–Crippen LogP) is 0.967. The first-order chi connectivity index (χ1) is 7.38. The lowest BCUT2D eigenvalue weighted by atomic mass is 10.1. The molecule has 1 atom stereocenters. The Morgan fingerprint density at radius 3 is 3.07 bits per heavy atom. The van der Waals surface area contributed by atoms with E-state index in [1.165, 1.54) is 0 Å². The highest BCUT2D eigenvalue weighted by Crippen LogP contribution is 2.14. The Labute approximate surface area is 89.3 Å². The van der Waals surface area contributed by atoms with Gasteiger partial charge in [0.25, 0.3) is 0 Å². The molecule has 0 aliphatic carbocycles. The van der Waals surface area contributed by atoms with Crippen molar-refractivity contribution in [1.29, 1.82) is 0 Å². The standard InChI is InChI=1S/C10H16N4O/c1-11-9-4-10(14-7-13-9)12-5-8-2-3-15-6-8/h4,7-8H,2-3,5-6H2,1H3,(H2,11,12,13,14). The molecule has 1 aliphatic rings. The molecule has 15 heavy (non-hydrogen) atoms. The van der Waals surface area contributed by atoms with Crippen molar-refractivity contribution in [3.8, 4) is 0 Å². The van der Waals surface area contributed by atoms with Crippen LogP contribution in [0.5, 0.6) is 0 Å². The summed E-state index contributed by atoms with van der Waals surface area (Å²) in [7, 11) is 1.84. The average Bonchev–Trinajstić information content (AvgIpc) is 2.79. The second-order valence-corrected chi connectivity index (χ2v) is 3.65.